The SMILES string of the molecule is CCCCNC(=O)CC[C@@H](NS(=O)(=O)c1ccc(C)cc1)C(=O)NCCCC. The second-order valence-corrected chi connectivity index (χ2v) is 8.59. The molecule has 0 aliphatic rings. The highest BCUT2D eigenvalue weighted by molar-refractivity contribution is 7.89. The van der Waals surface area contributed by atoms with Crippen molar-refractivity contribution in [3.63, 3.8) is 0 Å². The molecule has 0 aromatic heterocycles. The molecule has 28 heavy (non-hydrogen) atoms. The first-order chi connectivity index (χ1) is 13.3. The van der Waals surface area contributed by atoms with Gasteiger partial charge in [-0.3, -0.25) is 9.59 Å². The topological polar surface area (TPSA) is 104 Å². The highest BCUT2D eigenvalue weighted by Gasteiger charge is 2.26. The Bertz CT molecular complexity index is 717. The van der Waals surface area contributed by atoms with Crippen LogP contribution in [-0.2, 0) is 19.6 Å². The summed E-state index contributed by atoms with van der Waals surface area (Å²) in [5.41, 5.74) is 0.941. The molecule has 0 aliphatic heterocycles. The molecule has 7 nitrogen and oxygen atoms in total. The molecule has 0 aliphatic carbocycles. The zero-order valence-corrected chi connectivity index (χ0v) is 17.9. The van der Waals surface area contributed by atoms with Crippen LogP contribution in [0.15, 0.2) is 29.2 Å². The van der Waals surface area contributed by atoms with Gasteiger partial charge in [0.15, 0.2) is 0 Å². The number of nitrogens with one attached hydrogen (secondary N) is 3. The maximum absolute atomic E-state index is 12.7. The first-order valence-electron chi connectivity index (χ1n) is 9.93. The van der Waals surface area contributed by atoms with Gasteiger partial charge in [0.25, 0.3) is 0 Å². The number of aryl methyl sites for hydroxylation is 1. The molecule has 0 unspecified atom stereocenters. The van der Waals surface area contributed by atoms with Crippen LogP contribution in [0, 0.1) is 6.92 Å². The molecule has 1 aromatic carbocycles. The van der Waals surface area contributed by atoms with Gasteiger partial charge in [-0.05, 0) is 38.3 Å². The van der Waals surface area contributed by atoms with Gasteiger partial charge >= 0.3 is 0 Å². The molecule has 1 rings (SSSR count). The number of rotatable bonds is 13. The van der Waals surface area contributed by atoms with Gasteiger partial charge in [0.2, 0.25) is 21.8 Å². The maximum atomic E-state index is 12.7. The summed E-state index contributed by atoms with van der Waals surface area (Å²) in [4.78, 5) is 24.5. The monoisotopic (exact) mass is 411 g/mol. The lowest BCUT2D eigenvalue weighted by atomic mass is 10.1. The number of benzene rings is 1. The van der Waals surface area contributed by atoms with E-state index in [1.807, 2.05) is 20.8 Å². The average molecular weight is 412 g/mol. The quantitative estimate of drug-likeness (QED) is 0.433. The van der Waals surface area contributed by atoms with Crippen molar-refractivity contribution in [1.29, 1.82) is 0 Å². The minimum absolute atomic E-state index is 0.0754. The van der Waals surface area contributed by atoms with Crippen LogP contribution in [0.5, 0.6) is 0 Å². The van der Waals surface area contributed by atoms with E-state index in [0.717, 1.165) is 31.2 Å². The molecule has 3 N–H and O–H groups in total. The number of carbonyl (C=O) groups excluding carboxylic acids is 2. The van der Waals surface area contributed by atoms with E-state index in [1.54, 1.807) is 12.1 Å². The van der Waals surface area contributed by atoms with Crippen molar-refractivity contribution in [3.05, 3.63) is 29.8 Å². The lowest BCUT2D eigenvalue weighted by Gasteiger charge is -2.18. The summed E-state index contributed by atoms with van der Waals surface area (Å²) in [7, 11) is -3.86. The molecule has 1 atom stereocenters. The summed E-state index contributed by atoms with van der Waals surface area (Å²) in [6.45, 7) is 6.95. The van der Waals surface area contributed by atoms with Gasteiger partial charge in [0.05, 0.1) is 4.90 Å². The Hall–Kier alpha value is -1.93. The van der Waals surface area contributed by atoms with Crippen molar-refractivity contribution >= 4 is 21.8 Å². The average Bonchev–Trinajstić information content (AvgIpc) is 2.65. The first-order valence-corrected chi connectivity index (χ1v) is 11.4. The number of amides is 2. The third kappa shape index (κ3) is 8.84. The van der Waals surface area contributed by atoms with Crippen molar-refractivity contribution in [2.75, 3.05) is 13.1 Å². The van der Waals surface area contributed by atoms with Crippen LogP contribution >= 0.6 is 0 Å². The predicted octanol–water partition coefficient (Wildman–Crippen LogP) is 2.25. The van der Waals surface area contributed by atoms with Crippen LogP contribution in [0.25, 0.3) is 0 Å². The molecule has 2 amide bonds. The third-order valence-corrected chi connectivity index (χ3v) is 5.77. The molecule has 0 fully saturated rings. The molecule has 1 aromatic rings. The number of hydrogen-bond donors (Lipinski definition) is 3. The lowest BCUT2D eigenvalue weighted by Crippen LogP contribution is -2.47. The van der Waals surface area contributed by atoms with Gasteiger partial charge < -0.3 is 10.6 Å². The number of hydrogen-bond acceptors (Lipinski definition) is 4. The van der Waals surface area contributed by atoms with E-state index in [0.29, 0.717) is 13.1 Å². The summed E-state index contributed by atoms with van der Waals surface area (Å²) >= 11 is 0. The van der Waals surface area contributed by atoms with E-state index in [-0.39, 0.29) is 23.6 Å². The smallest absolute Gasteiger partial charge is 0.241 e. The highest BCUT2D eigenvalue weighted by atomic mass is 32.2. The number of unbranched alkanes of at least 4 members (excludes halogenated alkanes) is 2. The van der Waals surface area contributed by atoms with Crippen molar-refractivity contribution in [3.8, 4) is 0 Å². The van der Waals surface area contributed by atoms with Gasteiger partial charge in [-0.25, -0.2) is 8.42 Å². The fraction of sp³-hybridized carbons (Fsp3) is 0.600. The van der Waals surface area contributed by atoms with Crippen LogP contribution in [-0.4, -0.2) is 39.4 Å². The zero-order valence-electron chi connectivity index (χ0n) is 17.1. The number of sulfonamides is 1. The molecule has 0 spiro atoms. The largest absolute Gasteiger partial charge is 0.356 e. The molecule has 158 valence electrons. The lowest BCUT2D eigenvalue weighted by molar-refractivity contribution is -0.123. The van der Waals surface area contributed by atoms with E-state index in [2.05, 4.69) is 15.4 Å². The highest BCUT2D eigenvalue weighted by Crippen LogP contribution is 2.12. The predicted molar refractivity (Wildman–Crippen MR) is 110 cm³/mol. The zero-order chi connectivity index (χ0) is 21.0. The summed E-state index contributed by atoms with van der Waals surface area (Å²) in [6.07, 6.45) is 3.75. The minimum Gasteiger partial charge on any atom is -0.356 e. The molecule has 0 saturated carbocycles. The summed E-state index contributed by atoms with van der Waals surface area (Å²) < 4.78 is 27.8. The van der Waals surface area contributed by atoms with Gasteiger partial charge in [0.1, 0.15) is 6.04 Å². The second kappa shape index (κ2) is 12.5. The molecule has 8 heteroatoms. The van der Waals surface area contributed by atoms with Crippen LogP contribution in [0.4, 0.5) is 0 Å². The van der Waals surface area contributed by atoms with Crippen LogP contribution < -0.4 is 15.4 Å². The molecule has 0 bridgehead atoms. The standard InChI is InChI=1S/C20H33N3O4S/c1-4-6-14-21-19(24)13-12-18(20(25)22-15-7-5-2)23-28(26,27)17-10-8-16(3)9-11-17/h8-11,18,23H,4-7,12-15H2,1-3H3,(H,21,24)(H,22,25)/t18-/m1/s1. The molecule has 0 radical (unpaired) electrons. The van der Waals surface area contributed by atoms with Gasteiger partial charge in [0, 0.05) is 19.5 Å². The van der Waals surface area contributed by atoms with Crippen LogP contribution in [0.3, 0.4) is 0 Å². The third-order valence-electron chi connectivity index (χ3n) is 4.29. The Morgan fingerprint density at radius 2 is 1.54 bits per heavy atom. The van der Waals surface area contributed by atoms with Crippen LogP contribution in [0.2, 0.25) is 0 Å². The Morgan fingerprint density at radius 1 is 0.964 bits per heavy atom. The van der Waals surface area contributed by atoms with E-state index < -0.39 is 22.0 Å². The van der Waals surface area contributed by atoms with Gasteiger partial charge in [-0.1, -0.05) is 44.4 Å². The molecular formula is C20H33N3O4S. The fourth-order valence-corrected chi connectivity index (χ4v) is 3.73. The van der Waals surface area contributed by atoms with E-state index in [4.69, 9.17) is 0 Å². The Balaban J connectivity index is 2.80. The van der Waals surface area contributed by atoms with Crippen molar-refractivity contribution in [2.24, 2.45) is 0 Å². The van der Waals surface area contributed by atoms with Gasteiger partial charge in [-0.15, -0.1) is 0 Å². The Kier molecular flexibility index (Phi) is 10.8. The number of carbonyl (C=O) groups is 2. The summed E-state index contributed by atoms with van der Waals surface area (Å²) in [5.74, 6) is -0.597. The van der Waals surface area contributed by atoms with E-state index in [1.165, 1.54) is 12.1 Å². The second-order valence-electron chi connectivity index (χ2n) is 6.87. The van der Waals surface area contributed by atoms with E-state index >= 15 is 0 Å². The molecular weight excluding hydrogens is 378 g/mol. The summed E-state index contributed by atoms with van der Waals surface area (Å²) in [5, 5.41) is 5.53. The molecule has 0 heterocycles. The summed E-state index contributed by atoms with van der Waals surface area (Å²) in [6, 6.07) is 5.40. The van der Waals surface area contributed by atoms with Crippen molar-refractivity contribution in [2.45, 2.75) is 70.2 Å². The Labute approximate surface area is 168 Å². The molecule has 0 saturated heterocycles. The maximum Gasteiger partial charge on any atom is 0.241 e. The van der Waals surface area contributed by atoms with Crippen molar-refractivity contribution < 1.29 is 18.0 Å². The van der Waals surface area contributed by atoms with Crippen LogP contribution in [0.1, 0.15) is 57.9 Å². The first kappa shape index (κ1) is 24.1. The minimum atomic E-state index is -3.86. The van der Waals surface area contributed by atoms with E-state index in [9.17, 15) is 18.0 Å². The van der Waals surface area contributed by atoms with Crippen molar-refractivity contribution in [1.82, 2.24) is 15.4 Å². The fourth-order valence-electron chi connectivity index (χ4n) is 2.50. The Morgan fingerprint density at radius 3 is 2.11 bits per heavy atom. The normalized spacial score (nSPS) is 12.4. The van der Waals surface area contributed by atoms with Gasteiger partial charge in [-0.2, -0.15) is 4.72 Å².